The number of carbonyl (C=O) groups excluding carboxylic acids is 1. The van der Waals surface area contributed by atoms with Gasteiger partial charge in [-0.15, -0.1) is 0 Å². The third-order valence-corrected chi connectivity index (χ3v) is 5.18. The SMILES string of the molecule is Cc1ccc2c(Nc3ccc(F)c(F)c3)ncc(C(=O)NCC3CCOCC3)n12. The van der Waals surface area contributed by atoms with Gasteiger partial charge in [-0.2, -0.15) is 0 Å². The number of halogens is 2. The van der Waals surface area contributed by atoms with E-state index in [9.17, 15) is 13.6 Å². The molecule has 4 rings (SSSR count). The van der Waals surface area contributed by atoms with E-state index in [1.165, 1.54) is 12.3 Å². The Morgan fingerprint density at radius 3 is 2.76 bits per heavy atom. The number of fused-ring (bicyclic) bond motifs is 1. The topological polar surface area (TPSA) is 67.7 Å². The predicted octanol–water partition coefficient (Wildman–Crippen LogP) is 3.82. The van der Waals surface area contributed by atoms with Gasteiger partial charge in [-0.05, 0) is 49.9 Å². The average molecular weight is 400 g/mol. The summed E-state index contributed by atoms with van der Waals surface area (Å²) in [5.74, 6) is -1.19. The lowest BCUT2D eigenvalue weighted by molar-refractivity contribution is 0.0642. The van der Waals surface area contributed by atoms with Crippen LogP contribution in [0.15, 0.2) is 36.5 Å². The molecule has 1 aliphatic rings. The number of aryl methyl sites for hydroxylation is 1. The predicted molar refractivity (Wildman–Crippen MR) is 105 cm³/mol. The molecule has 1 aromatic carbocycles. The first-order valence-electron chi connectivity index (χ1n) is 9.58. The van der Waals surface area contributed by atoms with Crippen molar-refractivity contribution in [1.82, 2.24) is 14.7 Å². The van der Waals surface area contributed by atoms with Gasteiger partial charge in [0.15, 0.2) is 17.5 Å². The molecule has 152 valence electrons. The lowest BCUT2D eigenvalue weighted by atomic mass is 10.0. The first-order valence-corrected chi connectivity index (χ1v) is 9.58. The highest BCUT2D eigenvalue weighted by atomic mass is 19.2. The third-order valence-electron chi connectivity index (χ3n) is 5.18. The summed E-state index contributed by atoms with van der Waals surface area (Å²) in [4.78, 5) is 17.1. The van der Waals surface area contributed by atoms with Crippen molar-refractivity contribution in [1.29, 1.82) is 0 Å². The normalized spacial score (nSPS) is 14.9. The highest BCUT2D eigenvalue weighted by Gasteiger charge is 2.19. The van der Waals surface area contributed by atoms with Crippen LogP contribution < -0.4 is 10.6 Å². The van der Waals surface area contributed by atoms with Crippen molar-refractivity contribution in [3.8, 4) is 0 Å². The van der Waals surface area contributed by atoms with Crippen molar-refractivity contribution in [2.75, 3.05) is 25.1 Å². The number of rotatable bonds is 5. The van der Waals surface area contributed by atoms with Crippen LogP contribution in [0, 0.1) is 24.5 Å². The van der Waals surface area contributed by atoms with E-state index in [0.29, 0.717) is 35.2 Å². The molecule has 6 nitrogen and oxygen atoms in total. The van der Waals surface area contributed by atoms with E-state index in [4.69, 9.17) is 4.74 Å². The van der Waals surface area contributed by atoms with Crippen LogP contribution in [0.3, 0.4) is 0 Å². The molecule has 0 aliphatic carbocycles. The summed E-state index contributed by atoms with van der Waals surface area (Å²) in [6, 6.07) is 7.26. The first kappa shape index (κ1) is 19.3. The number of anilines is 2. The zero-order chi connectivity index (χ0) is 20.4. The zero-order valence-electron chi connectivity index (χ0n) is 16.0. The third kappa shape index (κ3) is 4.07. The maximum Gasteiger partial charge on any atom is 0.269 e. The number of benzene rings is 1. The Morgan fingerprint density at radius 1 is 1.21 bits per heavy atom. The largest absolute Gasteiger partial charge is 0.381 e. The Balaban J connectivity index is 1.58. The van der Waals surface area contributed by atoms with E-state index in [1.54, 1.807) is 4.40 Å². The van der Waals surface area contributed by atoms with Crippen LogP contribution in [0.5, 0.6) is 0 Å². The second-order valence-corrected chi connectivity index (χ2v) is 7.21. The lowest BCUT2D eigenvalue weighted by Gasteiger charge is -2.22. The zero-order valence-corrected chi connectivity index (χ0v) is 16.0. The number of aromatic nitrogens is 2. The van der Waals surface area contributed by atoms with Crippen LogP contribution in [0.1, 0.15) is 29.0 Å². The Labute approximate surface area is 166 Å². The smallest absolute Gasteiger partial charge is 0.269 e. The molecule has 2 N–H and O–H groups in total. The van der Waals surface area contributed by atoms with Gasteiger partial charge in [0.2, 0.25) is 0 Å². The van der Waals surface area contributed by atoms with E-state index < -0.39 is 11.6 Å². The molecule has 1 saturated heterocycles. The van der Waals surface area contributed by atoms with Crippen LogP contribution in [0.2, 0.25) is 0 Å². The van der Waals surface area contributed by atoms with Crippen molar-refractivity contribution < 1.29 is 18.3 Å². The van der Waals surface area contributed by atoms with Crippen molar-refractivity contribution in [2.24, 2.45) is 5.92 Å². The van der Waals surface area contributed by atoms with E-state index in [1.807, 2.05) is 19.1 Å². The van der Waals surface area contributed by atoms with E-state index in [-0.39, 0.29) is 5.91 Å². The number of hydrogen-bond acceptors (Lipinski definition) is 4. The van der Waals surface area contributed by atoms with Crippen molar-refractivity contribution in [2.45, 2.75) is 19.8 Å². The molecule has 2 aromatic heterocycles. The standard InChI is InChI=1S/C21H22F2N4O2/c1-13-2-5-18-20(26-15-3-4-16(22)17(23)10-15)24-12-19(27(13)18)21(28)25-11-14-6-8-29-9-7-14/h2-5,10,12,14H,6-9,11H2,1H3,(H,24,26)(H,25,28). The minimum absolute atomic E-state index is 0.201. The van der Waals surface area contributed by atoms with Gasteiger partial charge in [0, 0.05) is 37.2 Å². The van der Waals surface area contributed by atoms with Gasteiger partial charge in [-0.3, -0.25) is 4.79 Å². The number of nitrogens with zero attached hydrogens (tertiary/aromatic N) is 2. The maximum atomic E-state index is 13.5. The van der Waals surface area contributed by atoms with Crippen LogP contribution in [0.25, 0.3) is 5.52 Å². The molecule has 1 amide bonds. The van der Waals surface area contributed by atoms with Crippen LogP contribution in [0.4, 0.5) is 20.3 Å². The van der Waals surface area contributed by atoms with Crippen molar-refractivity contribution in [3.63, 3.8) is 0 Å². The Bertz CT molecular complexity index is 1040. The number of amides is 1. The monoisotopic (exact) mass is 400 g/mol. The number of hydrogen-bond donors (Lipinski definition) is 2. The summed E-state index contributed by atoms with van der Waals surface area (Å²) in [6.45, 7) is 3.95. The van der Waals surface area contributed by atoms with Crippen LogP contribution in [-0.4, -0.2) is 35.1 Å². The molecule has 29 heavy (non-hydrogen) atoms. The van der Waals surface area contributed by atoms with Gasteiger partial charge in [0.05, 0.1) is 11.7 Å². The van der Waals surface area contributed by atoms with E-state index in [2.05, 4.69) is 15.6 Å². The van der Waals surface area contributed by atoms with Crippen molar-refractivity contribution >= 4 is 22.9 Å². The van der Waals surface area contributed by atoms with Gasteiger partial charge in [-0.25, -0.2) is 13.8 Å². The lowest BCUT2D eigenvalue weighted by Crippen LogP contribution is -2.33. The molecule has 0 unspecified atom stereocenters. The average Bonchev–Trinajstić information content (AvgIpc) is 3.12. The molecule has 3 aromatic rings. The maximum absolute atomic E-state index is 13.5. The minimum atomic E-state index is -0.943. The summed E-state index contributed by atoms with van der Waals surface area (Å²) < 4.78 is 33.8. The molecular weight excluding hydrogens is 378 g/mol. The van der Waals surface area contributed by atoms with Crippen LogP contribution in [-0.2, 0) is 4.74 Å². The number of carbonyl (C=O) groups is 1. The highest BCUT2D eigenvalue weighted by molar-refractivity contribution is 5.94. The summed E-state index contributed by atoms with van der Waals surface area (Å²) >= 11 is 0. The Kier molecular flexibility index (Phi) is 5.44. The minimum Gasteiger partial charge on any atom is -0.381 e. The summed E-state index contributed by atoms with van der Waals surface area (Å²) in [5.41, 5.74) is 2.33. The molecular formula is C21H22F2N4O2. The summed E-state index contributed by atoms with van der Waals surface area (Å²) in [5, 5.41) is 5.99. The fourth-order valence-corrected chi connectivity index (χ4v) is 3.54. The molecule has 0 atom stereocenters. The van der Waals surface area contributed by atoms with Gasteiger partial charge in [0.25, 0.3) is 5.91 Å². The molecule has 1 aliphatic heterocycles. The molecule has 0 saturated carbocycles. The molecule has 0 radical (unpaired) electrons. The van der Waals surface area contributed by atoms with E-state index in [0.717, 1.165) is 43.9 Å². The van der Waals surface area contributed by atoms with Gasteiger partial charge < -0.3 is 19.8 Å². The van der Waals surface area contributed by atoms with E-state index >= 15 is 0 Å². The summed E-state index contributed by atoms with van der Waals surface area (Å²) in [6.07, 6.45) is 3.36. The second kappa shape index (κ2) is 8.16. The fraction of sp³-hybridized carbons (Fsp3) is 0.333. The van der Waals surface area contributed by atoms with Crippen molar-refractivity contribution in [3.05, 3.63) is 59.6 Å². The number of nitrogens with one attached hydrogen (secondary N) is 2. The molecule has 1 fully saturated rings. The molecule has 3 heterocycles. The summed E-state index contributed by atoms with van der Waals surface area (Å²) in [7, 11) is 0. The second-order valence-electron chi connectivity index (χ2n) is 7.21. The quantitative estimate of drug-likeness (QED) is 0.683. The van der Waals surface area contributed by atoms with Gasteiger partial charge in [0.1, 0.15) is 5.69 Å². The highest BCUT2D eigenvalue weighted by Crippen LogP contribution is 2.24. The van der Waals surface area contributed by atoms with Gasteiger partial charge in [-0.1, -0.05) is 0 Å². The number of ether oxygens (including phenoxy) is 1. The molecule has 8 heteroatoms. The molecule has 0 spiro atoms. The Hall–Kier alpha value is -3.00. The fourth-order valence-electron chi connectivity index (χ4n) is 3.54. The first-order chi connectivity index (χ1) is 14.0. The van der Waals surface area contributed by atoms with Crippen LogP contribution >= 0.6 is 0 Å². The Morgan fingerprint density at radius 2 is 2.00 bits per heavy atom. The van der Waals surface area contributed by atoms with Gasteiger partial charge >= 0.3 is 0 Å². The molecule has 0 bridgehead atoms.